The second-order valence-corrected chi connectivity index (χ2v) is 2.08. The van der Waals surface area contributed by atoms with Gasteiger partial charge in [0.05, 0.1) is 0 Å². The third-order valence-corrected chi connectivity index (χ3v) is 0. The predicted octanol–water partition coefficient (Wildman–Crippen LogP) is -0.609. The van der Waals surface area contributed by atoms with Gasteiger partial charge in [0.2, 0.25) is 0 Å². The first-order valence-corrected chi connectivity index (χ1v) is 3.71. The van der Waals surface area contributed by atoms with E-state index in [1.165, 1.54) is 0 Å². The Kier molecular flexibility index (Phi) is 109. The minimum atomic E-state index is -0.833. The number of rotatable bonds is 0. The van der Waals surface area contributed by atoms with E-state index in [0.717, 1.165) is 27.7 Å². The van der Waals surface area contributed by atoms with E-state index in [1.807, 2.05) is 0 Å². The number of hydrogen-bond donors (Lipinski definition) is 6. The van der Waals surface area contributed by atoms with Crippen LogP contribution in [0.2, 0.25) is 0 Å². The van der Waals surface area contributed by atoms with Gasteiger partial charge in [-0.25, -0.2) is 0 Å². The van der Waals surface area contributed by atoms with Crippen LogP contribution in [0.1, 0.15) is 27.7 Å². The molecule has 0 aromatic heterocycles. The van der Waals surface area contributed by atoms with E-state index in [0.29, 0.717) is 0 Å². The molecular formula is C8H24Li2N2O8. The molecule has 0 saturated heterocycles. The molecular weight excluding hydrogens is 266 g/mol. The number of carboxylic acids is 4. The van der Waals surface area contributed by atoms with Crippen LogP contribution in [0.15, 0.2) is 0 Å². The SMILES string of the molecule is CC(=O)O.CC(=O)O.CC(=O)O.CC(=O)O.N.N.[LiH].[LiH]. The maximum atomic E-state index is 9.00. The van der Waals surface area contributed by atoms with E-state index in [9.17, 15) is 0 Å². The average Bonchev–Trinajstić information content (AvgIpc) is 1.76. The van der Waals surface area contributed by atoms with E-state index in [4.69, 9.17) is 39.6 Å². The van der Waals surface area contributed by atoms with Gasteiger partial charge in [-0.3, -0.25) is 19.2 Å². The summed E-state index contributed by atoms with van der Waals surface area (Å²) >= 11 is 0. The number of carboxylic acid groups (broad SMARTS) is 4. The van der Waals surface area contributed by atoms with Gasteiger partial charge in [0.25, 0.3) is 23.9 Å². The first-order chi connectivity index (χ1) is 6.93. The third-order valence-electron chi connectivity index (χ3n) is 0. The zero-order chi connectivity index (χ0) is 14.3. The van der Waals surface area contributed by atoms with Gasteiger partial charge in [0, 0.05) is 27.7 Å². The van der Waals surface area contributed by atoms with Gasteiger partial charge in [-0.2, -0.15) is 0 Å². The predicted molar refractivity (Wildman–Crippen MR) is 77.6 cm³/mol. The summed E-state index contributed by atoms with van der Waals surface area (Å²) in [7, 11) is 0. The van der Waals surface area contributed by atoms with Crippen LogP contribution in [0.5, 0.6) is 0 Å². The molecule has 0 aliphatic rings. The quantitative estimate of drug-likeness (QED) is 0.310. The van der Waals surface area contributed by atoms with Crippen LogP contribution in [0.3, 0.4) is 0 Å². The van der Waals surface area contributed by atoms with Crippen LogP contribution in [0.4, 0.5) is 0 Å². The van der Waals surface area contributed by atoms with Gasteiger partial charge in [0.1, 0.15) is 0 Å². The molecule has 10 nitrogen and oxygen atoms in total. The summed E-state index contributed by atoms with van der Waals surface area (Å²) in [6, 6.07) is 0. The second kappa shape index (κ2) is 43.0. The number of aliphatic carboxylic acids is 4. The molecule has 0 fully saturated rings. The fourth-order valence-corrected chi connectivity index (χ4v) is 0. The van der Waals surface area contributed by atoms with Gasteiger partial charge in [-0.05, 0) is 0 Å². The summed E-state index contributed by atoms with van der Waals surface area (Å²) < 4.78 is 0. The topological polar surface area (TPSA) is 219 Å². The van der Waals surface area contributed by atoms with Crippen LogP contribution in [-0.4, -0.2) is 82.0 Å². The standard InChI is InChI=1S/4C2H4O2.2Li.2H3N.2H/c4*1-2(3)4;;;;;;/h4*1H3,(H,3,4);;;2*1H3;;. The van der Waals surface area contributed by atoms with Crippen molar-refractivity contribution in [2.24, 2.45) is 0 Å². The zero-order valence-corrected chi connectivity index (χ0v) is 10.8. The molecule has 0 aliphatic heterocycles. The number of hydrogen-bond acceptors (Lipinski definition) is 6. The maximum absolute atomic E-state index is 9.00. The molecule has 20 heavy (non-hydrogen) atoms. The Labute approximate surface area is 141 Å². The van der Waals surface area contributed by atoms with Gasteiger partial charge >= 0.3 is 37.7 Å². The Morgan fingerprint density at radius 3 is 0.500 bits per heavy atom. The van der Waals surface area contributed by atoms with Crippen molar-refractivity contribution in [1.29, 1.82) is 0 Å². The second-order valence-electron chi connectivity index (χ2n) is 2.08. The fourth-order valence-electron chi connectivity index (χ4n) is 0. The average molecular weight is 290 g/mol. The Morgan fingerprint density at radius 1 is 0.500 bits per heavy atom. The van der Waals surface area contributed by atoms with Crippen molar-refractivity contribution in [1.82, 2.24) is 12.3 Å². The van der Waals surface area contributed by atoms with Gasteiger partial charge < -0.3 is 32.7 Å². The molecule has 0 bridgehead atoms. The van der Waals surface area contributed by atoms with Gasteiger partial charge in [0.15, 0.2) is 0 Å². The summed E-state index contributed by atoms with van der Waals surface area (Å²) in [5, 5.41) is 29.7. The molecule has 10 N–H and O–H groups in total. The van der Waals surface area contributed by atoms with Crippen molar-refractivity contribution in [2.75, 3.05) is 0 Å². The van der Waals surface area contributed by atoms with Crippen LogP contribution < -0.4 is 12.3 Å². The van der Waals surface area contributed by atoms with Gasteiger partial charge in [-0.1, -0.05) is 0 Å². The molecule has 0 spiro atoms. The van der Waals surface area contributed by atoms with Crippen molar-refractivity contribution in [3.05, 3.63) is 0 Å². The van der Waals surface area contributed by atoms with Crippen molar-refractivity contribution in [3.63, 3.8) is 0 Å². The van der Waals surface area contributed by atoms with E-state index in [1.54, 1.807) is 0 Å². The Hall–Kier alpha value is -1.01. The Bertz CT molecular complexity index is 175. The van der Waals surface area contributed by atoms with Crippen LogP contribution >= 0.6 is 0 Å². The first-order valence-electron chi connectivity index (χ1n) is 3.71. The molecule has 116 valence electrons. The van der Waals surface area contributed by atoms with Crippen LogP contribution in [0.25, 0.3) is 0 Å². The Balaban J connectivity index is -0.0000000150. The van der Waals surface area contributed by atoms with Gasteiger partial charge in [-0.15, -0.1) is 0 Å². The normalized spacial score (nSPS) is 5.00. The van der Waals surface area contributed by atoms with Crippen molar-refractivity contribution in [3.8, 4) is 0 Å². The molecule has 0 aliphatic carbocycles. The molecule has 0 aromatic rings. The molecule has 0 amide bonds. The minimum absolute atomic E-state index is 0. The molecule has 0 heterocycles. The molecule has 0 atom stereocenters. The molecule has 0 rings (SSSR count). The number of carbonyl (C=O) groups is 4. The van der Waals surface area contributed by atoms with Crippen molar-refractivity contribution in [2.45, 2.75) is 27.7 Å². The summed E-state index contributed by atoms with van der Waals surface area (Å²) in [5.74, 6) is -3.33. The third kappa shape index (κ3) is 4300. The zero-order valence-electron chi connectivity index (χ0n) is 10.8. The molecule has 0 aromatic carbocycles. The summed E-state index contributed by atoms with van der Waals surface area (Å²) in [6.07, 6.45) is 0. The van der Waals surface area contributed by atoms with E-state index < -0.39 is 23.9 Å². The molecule has 0 saturated carbocycles. The van der Waals surface area contributed by atoms with E-state index in [2.05, 4.69) is 0 Å². The van der Waals surface area contributed by atoms with Crippen molar-refractivity contribution < 1.29 is 39.6 Å². The Morgan fingerprint density at radius 2 is 0.500 bits per heavy atom. The monoisotopic (exact) mass is 290 g/mol. The first kappa shape index (κ1) is 50.9. The van der Waals surface area contributed by atoms with Crippen LogP contribution in [0, 0.1) is 0 Å². The molecule has 12 heteroatoms. The summed E-state index contributed by atoms with van der Waals surface area (Å²) in [4.78, 5) is 36.0. The van der Waals surface area contributed by atoms with Crippen LogP contribution in [-0.2, 0) is 19.2 Å². The summed E-state index contributed by atoms with van der Waals surface area (Å²) in [5.41, 5.74) is 0. The van der Waals surface area contributed by atoms with Crippen molar-refractivity contribution >= 4 is 61.6 Å². The molecule has 0 unspecified atom stereocenters. The summed E-state index contributed by atoms with van der Waals surface area (Å²) in [6.45, 7) is 4.33. The van der Waals surface area contributed by atoms with E-state index >= 15 is 0 Å². The van der Waals surface area contributed by atoms with E-state index in [-0.39, 0.29) is 50.0 Å². The molecule has 0 radical (unpaired) electrons. The fraction of sp³-hybridized carbons (Fsp3) is 0.500.